The van der Waals surface area contributed by atoms with E-state index < -0.39 is 12.3 Å². The van der Waals surface area contributed by atoms with E-state index in [-0.39, 0.29) is 55.6 Å². The topological polar surface area (TPSA) is 252 Å². The SMILES string of the molecule is CC1CCC(C2CCC(C)C(F)C2F)CC1.CC1CCC(C2CCC(C)CC2)CC1.CC1CCC(C2CCC(C)CC2)CC1.CC1CCC(C2CCC(C)CC2)CC1.O.O.O.O.O.O.O.O. The molecule has 0 bridgehead atoms. The molecule has 4 unspecified atom stereocenters. The Morgan fingerprint density at radius 1 is 0.197 bits per heavy atom. The highest BCUT2D eigenvalue weighted by Crippen LogP contribution is 2.45. The lowest BCUT2D eigenvalue weighted by Crippen LogP contribution is -2.41. The summed E-state index contributed by atoms with van der Waals surface area (Å²) in [7, 11) is 0. The summed E-state index contributed by atoms with van der Waals surface area (Å²) in [5.74, 6) is 14.0. The number of hydrogen-bond donors (Lipinski definition) is 0. The van der Waals surface area contributed by atoms with E-state index in [1.54, 1.807) is 77.0 Å². The van der Waals surface area contributed by atoms with Gasteiger partial charge >= 0.3 is 0 Å². The van der Waals surface area contributed by atoms with Gasteiger partial charge in [-0.2, -0.15) is 0 Å². The lowest BCUT2D eigenvalue weighted by atomic mass is 9.68. The van der Waals surface area contributed by atoms with E-state index in [0.29, 0.717) is 5.92 Å². The number of hydrogen-bond acceptors (Lipinski definition) is 0. The quantitative estimate of drug-likeness (QED) is 0.255. The fourth-order valence-electron chi connectivity index (χ4n) is 14.1. The van der Waals surface area contributed by atoms with E-state index in [9.17, 15) is 8.78 Å². The zero-order chi connectivity index (χ0) is 41.6. The number of halogens is 2. The number of alkyl halides is 2. The maximum atomic E-state index is 14.0. The first kappa shape index (κ1) is 72.1. The Morgan fingerprint density at radius 2 is 0.364 bits per heavy atom. The van der Waals surface area contributed by atoms with Crippen LogP contribution in [-0.4, -0.2) is 56.2 Å². The van der Waals surface area contributed by atoms with Crippen LogP contribution in [0.5, 0.6) is 0 Å². The highest BCUT2D eigenvalue weighted by molar-refractivity contribution is 4.91. The lowest BCUT2D eigenvalue weighted by molar-refractivity contribution is -0.00577. The molecule has 0 amide bonds. The van der Waals surface area contributed by atoms with Crippen LogP contribution in [0.25, 0.3) is 0 Å². The predicted molar refractivity (Wildman–Crippen MR) is 278 cm³/mol. The van der Waals surface area contributed by atoms with Gasteiger partial charge in [0.1, 0.15) is 12.3 Å². The standard InChI is InChI=1S/C14H24F2.3C14H26.8H2O/c1-9-3-6-11(7-4-9)12-8-5-10(2)13(15)14(12)16;3*1-11-3-7-13(8-4-11)14-9-5-12(2)6-10-14;;;;;;;;/h9-14H,3-8H2,1-2H3;3*11-14H,3-10H2,1-2H3;8*1H2. The van der Waals surface area contributed by atoms with Crippen molar-refractivity contribution in [1.82, 2.24) is 0 Å². The Hall–Kier alpha value is -0.460. The van der Waals surface area contributed by atoms with E-state index in [4.69, 9.17) is 0 Å². The second kappa shape index (κ2) is 37.3. The third kappa shape index (κ3) is 23.6. The molecule has 0 radical (unpaired) electrons. The van der Waals surface area contributed by atoms with E-state index >= 15 is 0 Å². The van der Waals surface area contributed by atoms with Crippen molar-refractivity contribution in [3.63, 3.8) is 0 Å². The summed E-state index contributed by atoms with van der Waals surface area (Å²) in [6.45, 7) is 18.7. The molecule has 16 N–H and O–H groups in total. The van der Waals surface area contributed by atoms with Crippen molar-refractivity contribution in [2.45, 2.75) is 260 Å². The van der Waals surface area contributed by atoms with Gasteiger partial charge in [0.15, 0.2) is 0 Å². The average Bonchev–Trinajstić information content (AvgIpc) is 3.23. The van der Waals surface area contributed by atoms with Crippen molar-refractivity contribution in [3.8, 4) is 0 Å². The minimum atomic E-state index is -1.21. The molecule has 404 valence electrons. The molecule has 0 aromatic heterocycles. The highest BCUT2D eigenvalue weighted by atomic mass is 19.2. The van der Waals surface area contributed by atoms with Crippen molar-refractivity contribution >= 4 is 0 Å². The molecule has 0 saturated heterocycles. The van der Waals surface area contributed by atoms with Crippen LogP contribution >= 0.6 is 0 Å². The Balaban J connectivity index is -0.000000374. The fourth-order valence-corrected chi connectivity index (χ4v) is 14.1. The normalized spacial score (nSPS) is 40.8. The van der Waals surface area contributed by atoms with Crippen LogP contribution in [0.4, 0.5) is 8.78 Å². The molecular formula is C56H118F2O8. The zero-order valence-electron chi connectivity index (χ0n) is 44.4. The fraction of sp³-hybridized carbons (Fsp3) is 1.00. The van der Waals surface area contributed by atoms with E-state index in [2.05, 4.69) is 48.5 Å². The molecule has 0 aliphatic heterocycles. The first-order chi connectivity index (χ1) is 27.9. The van der Waals surface area contributed by atoms with Crippen LogP contribution in [0.15, 0.2) is 0 Å². The van der Waals surface area contributed by atoms with Crippen molar-refractivity contribution in [3.05, 3.63) is 0 Å². The average molecular weight is 958 g/mol. The van der Waals surface area contributed by atoms with Gasteiger partial charge < -0.3 is 43.8 Å². The Bertz CT molecular complexity index is 911. The molecule has 8 saturated carbocycles. The Morgan fingerprint density at radius 3 is 0.545 bits per heavy atom. The molecule has 0 aromatic carbocycles. The van der Waals surface area contributed by atoms with Crippen molar-refractivity contribution in [1.29, 1.82) is 0 Å². The summed E-state index contributed by atoms with van der Waals surface area (Å²) in [4.78, 5) is 0. The van der Waals surface area contributed by atoms with Crippen LogP contribution < -0.4 is 0 Å². The van der Waals surface area contributed by atoms with Crippen molar-refractivity contribution in [2.75, 3.05) is 0 Å². The van der Waals surface area contributed by atoms with Gasteiger partial charge in [-0.25, -0.2) is 8.78 Å². The van der Waals surface area contributed by atoms with Crippen LogP contribution in [-0.2, 0) is 0 Å². The summed E-state index contributed by atoms with van der Waals surface area (Å²) >= 11 is 0. The minimum Gasteiger partial charge on any atom is -0.412 e. The van der Waals surface area contributed by atoms with Gasteiger partial charge in [0, 0.05) is 0 Å². The summed E-state index contributed by atoms with van der Waals surface area (Å²) in [6.07, 6.45) is 40.7. The maximum absolute atomic E-state index is 14.0. The molecule has 8 fully saturated rings. The molecule has 8 aliphatic carbocycles. The summed E-state index contributed by atoms with van der Waals surface area (Å²) < 4.78 is 27.7. The largest absolute Gasteiger partial charge is 0.412 e. The van der Waals surface area contributed by atoms with Crippen LogP contribution in [0.3, 0.4) is 0 Å². The van der Waals surface area contributed by atoms with Crippen LogP contribution in [0, 0.1) is 94.7 Å². The zero-order valence-corrected chi connectivity index (χ0v) is 44.4. The van der Waals surface area contributed by atoms with Crippen molar-refractivity contribution in [2.24, 2.45) is 94.7 Å². The van der Waals surface area contributed by atoms with Gasteiger partial charge in [0.2, 0.25) is 0 Å². The first-order valence-corrected chi connectivity index (χ1v) is 27.1. The molecule has 8 aliphatic rings. The monoisotopic (exact) mass is 957 g/mol. The van der Waals surface area contributed by atoms with Gasteiger partial charge in [-0.05, 0) is 197 Å². The summed E-state index contributed by atoms with van der Waals surface area (Å²) in [5.41, 5.74) is 0. The van der Waals surface area contributed by atoms with Crippen molar-refractivity contribution < 1.29 is 52.6 Å². The molecule has 4 atom stereocenters. The summed E-state index contributed by atoms with van der Waals surface area (Å²) in [5, 5.41) is 0. The predicted octanol–water partition coefficient (Wildman–Crippen LogP) is 11.9. The van der Waals surface area contributed by atoms with Gasteiger partial charge in [0.05, 0.1) is 0 Å². The maximum Gasteiger partial charge on any atom is 0.134 e. The molecular weight excluding hydrogens is 839 g/mol. The summed E-state index contributed by atoms with van der Waals surface area (Å²) in [6, 6.07) is 0. The Kier molecular flexibility index (Phi) is 40.8. The molecule has 0 aromatic rings. The lowest BCUT2D eigenvalue weighted by Gasteiger charge is -2.40. The van der Waals surface area contributed by atoms with Gasteiger partial charge in [-0.3, -0.25) is 0 Å². The van der Waals surface area contributed by atoms with Crippen LogP contribution in [0.1, 0.15) is 248 Å². The Labute approximate surface area is 406 Å². The van der Waals surface area contributed by atoms with E-state index in [1.807, 2.05) is 6.92 Å². The van der Waals surface area contributed by atoms with Crippen LogP contribution in [0.2, 0.25) is 0 Å². The molecule has 8 rings (SSSR count). The van der Waals surface area contributed by atoms with Gasteiger partial charge in [0.25, 0.3) is 0 Å². The van der Waals surface area contributed by atoms with Gasteiger partial charge in [-0.15, -0.1) is 0 Å². The molecule has 0 spiro atoms. The smallest absolute Gasteiger partial charge is 0.134 e. The number of rotatable bonds is 4. The minimum absolute atomic E-state index is 0. The first-order valence-electron chi connectivity index (χ1n) is 27.1. The van der Waals surface area contributed by atoms with E-state index in [1.165, 1.54) is 89.9 Å². The molecule has 10 heteroatoms. The highest BCUT2D eigenvalue weighted by Gasteiger charge is 2.42. The van der Waals surface area contributed by atoms with Gasteiger partial charge in [-0.1, -0.05) is 145 Å². The molecule has 0 heterocycles. The second-order valence-electron chi connectivity index (χ2n) is 24.2. The third-order valence-electron chi connectivity index (χ3n) is 19.2. The van der Waals surface area contributed by atoms with E-state index in [0.717, 1.165) is 103 Å². The molecule has 66 heavy (non-hydrogen) atoms. The third-order valence-corrected chi connectivity index (χ3v) is 19.2. The molecule has 8 nitrogen and oxygen atoms in total. The second-order valence-corrected chi connectivity index (χ2v) is 24.2.